The molecule has 0 saturated heterocycles. The van der Waals surface area contributed by atoms with Gasteiger partial charge < -0.3 is 9.15 Å². The first-order chi connectivity index (χ1) is 8.84. The zero-order chi connectivity index (χ0) is 14.2. The van der Waals surface area contributed by atoms with Gasteiger partial charge in [0.25, 0.3) is 0 Å². The van der Waals surface area contributed by atoms with Gasteiger partial charge in [0.15, 0.2) is 11.4 Å². The summed E-state index contributed by atoms with van der Waals surface area (Å²) < 4.78 is 60.7. The molecule has 0 aliphatic carbocycles. The Morgan fingerprint density at radius 3 is 2.63 bits per heavy atom. The van der Waals surface area contributed by atoms with Crippen molar-refractivity contribution in [3.05, 3.63) is 35.3 Å². The molecule has 19 heavy (non-hydrogen) atoms. The molecule has 1 heterocycles. The quantitative estimate of drug-likeness (QED) is 0.619. The molecule has 0 amide bonds. The highest BCUT2D eigenvalue weighted by molar-refractivity contribution is 5.95. The number of rotatable bonds is 2. The summed E-state index contributed by atoms with van der Waals surface area (Å²) in [5.74, 6) is -1.94. The van der Waals surface area contributed by atoms with Gasteiger partial charge in [-0.15, -0.1) is 0 Å². The van der Waals surface area contributed by atoms with Crippen LogP contribution in [-0.4, -0.2) is 12.6 Å². The normalized spacial score (nSPS) is 11.8. The molecule has 0 bridgehead atoms. The van der Waals surface area contributed by atoms with Crippen molar-refractivity contribution in [1.29, 1.82) is 0 Å². The van der Waals surface area contributed by atoms with Crippen molar-refractivity contribution in [3.8, 4) is 0 Å². The minimum Gasteiger partial charge on any atom is -0.462 e. The molecule has 3 nitrogen and oxygen atoms in total. The first-order valence-corrected chi connectivity index (χ1v) is 5.29. The van der Waals surface area contributed by atoms with E-state index in [2.05, 4.69) is 9.15 Å². The summed E-state index contributed by atoms with van der Waals surface area (Å²) in [4.78, 5) is 11.4. The van der Waals surface area contributed by atoms with Gasteiger partial charge in [0, 0.05) is 5.39 Å². The Balaban J connectivity index is 2.63. The highest BCUT2D eigenvalue weighted by Gasteiger charge is 2.35. The number of hydrogen-bond acceptors (Lipinski definition) is 3. The van der Waals surface area contributed by atoms with Crippen molar-refractivity contribution in [2.75, 3.05) is 6.61 Å². The Morgan fingerprint density at radius 1 is 1.37 bits per heavy atom. The van der Waals surface area contributed by atoms with Crippen LogP contribution < -0.4 is 0 Å². The molecule has 0 unspecified atom stereocenters. The number of ether oxygens (including phenoxy) is 1. The molecule has 2 rings (SSSR count). The van der Waals surface area contributed by atoms with Crippen LogP contribution in [0.4, 0.5) is 17.6 Å². The largest absolute Gasteiger partial charge is 0.462 e. The van der Waals surface area contributed by atoms with Crippen LogP contribution in [0.2, 0.25) is 0 Å². The van der Waals surface area contributed by atoms with E-state index in [1.54, 1.807) is 0 Å². The maximum Gasteiger partial charge on any atom is 0.420 e. The van der Waals surface area contributed by atoms with E-state index >= 15 is 0 Å². The Labute approximate surface area is 104 Å². The Kier molecular flexibility index (Phi) is 3.21. The average Bonchev–Trinajstić information content (AvgIpc) is 2.73. The van der Waals surface area contributed by atoms with Crippen LogP contribution in [0.3, 0.4) is 0 Å². The molecule has 102 valence electrons. The SMILES string of the molecule is CCOC(=O)c1cc(F)c2occ(C(F)(F)F)c2c1. The summed E-state index contributed by atoms with van der Waals surface area (Å²) in [5.41, 5.74) is -1.97. The molecule has 0 fully saturated rings. The maximum atomic E-state index is 13.6. The van der Waals surface area contributed by atoms with Crippen LogP contribution in [0, 0.1) is 5.82 Å². The lowest BCUT2D eigenvalue weighted by atomic mass is 10.1. The van der Waals surface area contributed by atoms with Crippen LogP contribution >= 0.6 is 0 Å². The zero-order valence-electron chi connectivity index (χ0n) is 9.68. The zero-order valence-corrected chi connectivity index (χ0v) is 9.68. The smallest absolute Gasteiger partial charge is 0.420 e. The van der Waals surface area contributed by atoms with Crippen LogP contribution in [0.25, 0.3) is 11.0 Å². The first-order valence-electron chi connectivity index (χ1n) is 5.29. The molecule has 0 aliphatic heterocycles. The first kappa shape index (κ1) is 13.4. The molecule has 0 atom stereocenters. The van der Waals surface area contributed by atoms with Gasteiger partial charge in [0.05, 0.1) is 12.2 Å². The highest BCUT2D eigenvalue weighted by Crippen LogP contribution is 2.37. The van der Waals surface area contributed by atoms with Crippen LogP contribution in [0.5, 0.6) is 0 Å². The van der Waals surface area contributed by atoms with E-state index in [-0.39, 0.29) is 12.2 Å². The lowest BCUT2D eigenvalue weighted by molar-refractivity contribution is -0.136. The van der Waals surface area contributed by atoms with Gasteiger partial charge in [0.2, 0.25) is 0 Å². The molecule has 1 aromatic carbocycles. The number of carbonyl (C=O) groups is 1. The van der Waals surface area contributed by atoms with Crippen molar-refractivity contribution < 1.29 is 31.5 Å². The molecule has 2 aromatic rings. The molecule has 0 aliphatic rings. The van der Waals surface area contributed by atoms with Gasteiger partial charge in [-0.25, -0.2) is 9.18 Å². The predicted molar refractivity (Wildman–Crippen MR) is 57.1 cm³/mol. The number of alkyl halides is 3. The lowest BCUT2D eigenvalue weighted by Gasteiger charge is -2.05. The van der Waals surface area contributed by atoms with Gasteiger partial charge in [0.1, 0.15) is 11.8 Å². The number of fused-ring (bicyclic) bond motifs is 1. The minimum atomic E-state index is -4.69. The van der Waals surface area contributed by atoms with E-state index in [9.17, 15) is 22.4 Å². The fourth-order valence-corrected chi connectivity index (χ4v) is 1.65. The molecule has 1 aromatic heterocycles. The minimum absolute atomic E-state index is 0.0377. The van der Waals surface area contributed by atoms with Crippen LogP contribution in [-0.2, 0) is 10.9 Å². The van der Waals surface area contributed by atoms with Crippen molar-refractivity contribution in [3.63, 3.8) is 0 Å². The fourth-order valence-electron chi connectivity index (χ4n) is 1.65. The molecular formula is C12H8F4O3. The van der Waals surface area contributed by atoms with E-state index in [1.807, 2.05) is 0 Å². The van der Waals surface area contributed by atoms with Crippen molar-refractivity contribution >= 4 is 16.9 Å². The van der Waals surface area contributed by atoms with Crippen LogP contribution in [0.15, 0.2) is 22.8 Å². The van der Waals surface area contributed by atoms with Gasteiger partial charge in [-0.3, -0.25) is 0 Å². The maximum absolute atomic E-state index is 13.6. The third-order valence-corrected chi connectivity index (χ3v) is 2.44. The predicted octanol–water partition coefficient (Wildman–Crippen LogP) is 3.77. The summed E-state index contributed by atoms with van der Waals surface area (Å²) in [6, 6.07) is 1.69. The number of carbonyl (C=O) groups excluding carboxylic acids is 1. The molecule has 0 saturated carbocycles. The van der Waals surface area contributed by atoms with Crippen LogP contribution in [0.1, 0.15) is 22.8 Å². The third-order valence-electron chi connectivity index (χ3n) is 2.44. The van der Waals surface area contributed by atoms with E-state index in [0.717, 1.165) is 12.1 Å². The van der Waals surface area contributed by atoms with E-state index in [0.29, 0.717) is 6.26 Å². The van der Waals surface area contributed by atoms with E-state index in [1.165, 1.54) is 6.92 Å². The monoisotopic (exact) mass is 276 g/mol. The Bertz CT molecular complexity index is 628. The molecule has 0 N–H and O–H groups in total. The van der Waals surface area contributed by atoms with Gasteiger partial charge >= 0.3 is 12.1 Å². The second-order valence-corrected chi connectivity index (χ2v) is 3.70. The Morgan fingerprint density at radius 2 is 2.05 bits per heavy atom. The van der Waals surface area contributed by atoms with Gasteiger partial charge in [-0.1, -0.05) is 0 Å². The van der Waals surface area contributed by atoms with Gasteiger partial charge in [-0.2, -0.15) is 13.2 Å². The number of esters is 1. The summed E-state index contributed by atoms with van der Waals surface area (Å²) in [6.07, 6.45) is -4.27. The second kappa shape index (κ2) is 4.56. The summed E-state index contributed by atoms with van der Waals surface area (Å²) in [5, 5.41) is -0.504. The number of halogens is 4. The molecule has 7 heteroatoms. The number of benzene rings is 1. The molecule has 0 radical (unpaired) electrons. The van der Waals surface area contributed by atoms with Crippen molar-refractivity contribution in [1.82, 2.24) is 0 Å². The van der Waals surface area contributed by atoms with E-state index < -0.39 is 34.5 Å². The lowest BCUT2D eigenvalue weighted by Crippen LogP contribution is -2.07. The highest BCUT2D eigenvalue weighted by atomic mass is 19.4. The summed E-state index contributed by atoms with van der Waals surface area (Å²) >= 11 is 0. The Hall–Kier alpha value is -2.05. The van der Waals surface area contributed by atoms with Gasteiger partial charge in [-0.05, 0) is 19.1 Å². The molecular weight excluding hydrogens is 268 g/mol. The van der Waals surface area contributed by atoms with E-state index in [4.69, 9.17) is 0 Å². The summed E-state index contributed by atoms with van der Waals surface area (Å²) in [7, 11) is 0. The topological polar surface area (TPSA) is 39.4 Å². The number of furan rings is 1. The standard InChI is InChI=1S/C12H8F4O3/c1-2-18-11(17)6-3-7-8(12(14,15)16)5-19-10(7)9(13)4-6/h3-5H,2H2,1H3. The second-order valence-electron chi connectivity index (χ2n) is 3.70. The summed E-state index contributed by atoms with van der Waals surface area (Å²) in [6.45, 7) is 1.57. The fraction of sp³-hybridized carbons (Fsp3) is 0.250. The number of hydrogen-bond donors (Lipinski definition) is 0. The molecule has 0 spiro atoms. The van der Waals surface area contributed by atoms with Crippen molar-refractivity contribution in [2.24, 2.45) is 0 Å². The third kappa shape index (κ3) is 2.40. The van der Waals surface area contributed by atoms with Crippen molar-refractivity contribution in [2.45, 2.75) is 13.1 Å². The average molecular weight is 276 g/mol.